The van der Waals surface area contributed by atoms with Gasteiger partial charge in [-0.2, -0.15) is 13.2 Å². The maximum atomic E-state index is 12.5. The molecule has 0 atom stereocenters. The van der Waals surface area contributed by atoms with E-state index in [0.29, 0.717) is 11.0 Å². The standard InChI is InChI=1S/C10H5F3OS/c11-10(12,13)8-5-15-9-2-1-6(4-14)3-7(8)9/h1-5H. The smallest absolute Gasteiger partial charge is 0.298 e. The highest BCUT2D eigenvalue weighted by molar-refractivity contribution is 7.17. The van der Waals surface area contributed by atoms with Crippen LogP contribution in [0.15, 0.2) is 23.6 Å². The van der Waals surface area contributed by atoms with Crippen LogP contribution in [-0.4, -0.2) is 6.29 Å². The molecule has 15 heavy (non-hydrogen) atoms. The molecule has 0 spiro atoms. The zero-order chi connectivity index (χ0) is 11.1. The van der Waals surface area contributed by atoms with Gasteiger partial charge in [-0.15, -0.1) is 11.3 Å². The first-order valence-corrected chi connectivity index (χ1v) is 4.94. The Kier molecular flexibility index (Phi) is 2.26. The van der Waals surface area contributed by atoms with Crippen molar-refractivity contribution < 1.29 is 18.0 Å². The third kappa shape index (κ3) is 1.74. The van der Waals surface area contributed by atoms with Gasteiger partial charge in [0.2, 0.25) is 0 Å². The molecule has 1 heterocycles. The van der Waals surface area contributed by atoms with Crippen LogP contribution in [0.2, 0.25) is 0 Å². The van der Waals surface area contributed by atoms with Crippen molar-refractivity contribution in [2.45, 2.75) is 6.18 Å². The highest BCUT2D eigenvalue weighted by Gasteiger charge is 2.33. The number of aldehydes is 1. The maximum absolute atomic E-state index is 12.5. The Morgan fingerprint density at radius 3 is 2.60 bits per heavy atom. The molecular weight excluding hydrogens is 225 g/mol. The second kappa shape index (κ2) is 3.34. The monoisotopic (exact) mass is 230 g/mol. The van der Waals surface area contributed by atoms with Crippen LogP contribution in [0, 0.1) is 0 Å². The largest absolute Gasteiger partial charge is 0.417 e. The van der Waals surface area contributed by atoms with Crippen LogP contribution in [0.3, 0.4) is 0 Å². The van der Waals surface area contributed by atoms with Crippen molar-refractivity contribution in [1.82, 2.24) is 0 Å². The fraction of sp³-hybridized carbons (Fsp3) is 0.100. The molecule has 0 saturated heterocycles. The molecule has 0 amide bonds. The lowest BCUT2D eigenvalue weighted by atomic mass is 10.1. The molecule has 0 bridgehead atoms. The predicted molar refractivity (Wildman–Crippen MR) is 52.2 cm³/mol. The van der Waals surface area contributed by atoms with Crippen molar-refractivity contribution in [3.05, 3.63) is 34.7 Å². The van der Waals surface area contributed by atoms with E-state index in [-0.39, 0.29) is 10.9 Å². The fourth-order valence-corrected chi connectivity index (χ4v) is 2.29. The summed E-state index contributed by atoms with van der Waals surface area (Å²) < 4.78 is 38.1. The summed E-state index contributed by atoms with van der Waals surface area (Å²) in [7, 11) is 0. The quantitative estimate of drug-likeness (QED) is 0.682. The van der Waals surface area contributed by atoms with E-state index in [0.717, 1.165) is 16.7 Å². The van der Waals surface area contributed by atoms with Gasteiger partial charge in [0.1, 0.15) is 6.29 Å². The second-order valence-electron chi connectivity index (χ2n) is 3.02. The number of carbonyl (C=O) groups is 1. The minimum absolute atomic E-state index is 0.0945. The molecular formula is C10H5F3OS. The maximum Gasteiger partial charge on any atom is 0.417 e. The van der Waals surface area contributed by atoms with Crippen LogP contribution in [0.1, 0.15) is 15.9 Å². The van der Waals surface area contributed by atoms with Gasteiger partial charge in [0.05, 0.1) is 5.56 Å². The highest BCUT2D eigenvalue weighted by Crippen LogP contribution is 2.38. The summed E-state index contributed by atoms with van der Waals surface area (Å²) in [6, 6.07) is 4.30. The van der Waals surface area contributed by atoms with Crippen LogP contribution in [0.4, 0.5) is 13.2 Å². The molecule has 0 aliphatic rings. The Morgan fingerprint density at radius 2 is 2.00 bits per heavy atom. The minimum Gasteiger partial charge on any atom is -0.298 e. The summed E-state index contributed by atoms with van der Waals surface area (Å²) in [4.78, 5) is 10.5. The summed E-state index contributed by atoms with van der Waals surface area (Å²) in [5.41, 5.74) is -0.419. The van der Waals surface area contributed by atoms with Gasteiger partial charge in [-0.05, 0) is 12.1 Å². The first kappa shape index (κ1) is 10.2. The van der Waals surface area contributed by atoms with Crippen molar-refractivity contribution in [2.75, 3.05) is 0 Å². The van der Waals surface area contributed by atoms with E-state index < -0.39 is 11.7 Å². The number of fused-ring (bicyclic) bond motifs is 1. The first-order valence-electron chi connectivity index (χ1n) is 4.06. The third-order valence-electron chi connectivity index (χ3n) is 2.04. The molecule has 0 aliphatic carbocycles. The van der Waals surface area contributed by atoms with Crippen molar-refractivity contribution in [1.29, 1.82) is 0 Å². The topological polar surface area (TPSA) is 17.1 Å². The Hall–Kier alpha value is -1.36. The SMILES string of the molecule is O=Cc1ccc2scc(C(F)(F)F)c2c1. The van der Waals surface area contributed by atoms with Crippen LogP contribution < -0.4 is 0 Å². The van der Waals surface area contributed by atoms with E-state index in [2.05, 4.69) is 0 Å². The van der Waals surface area contributed by atoms with Crippen molar-refractivity contribution in [3.63, 3.8) is 0 Å². The number of thiophene rings is 1. The average Bonchev–Trinajstić information content (AvgIpc) is 2.59. The van der Waals surface area contributed by atoms with Gasteiger partial charge in [0.25, 0.3) is 0 Å². The van der Waals surface area contributed by atoms with E-state index in [1.807, 2.05) is 0 Å². The number of hydrogen-bond donors (Lipinski definition) is 0. The molecule has 0 unspecified atom stereocenters. The molecule has 78 valence electrons. The van der Waals surface area contributed by atoms with Gasteiger partial charge >= 0.3 is 6.18 Å². The lowest BCUT2D eigenvalue weighted by Crippen LogP contribution is -2.03. The summed E-state index contributed by atoms with van der Waals surface area (Å²) in [5.74, 6) is 0. The number of alkyl halides is 3. The van der Waals surface area contributed by atoms with Crippen LogP contribution in [0.25, 0.3) is 10.1 Å². The normalized spacial score (nSPS) is 11.9. The first-order chi connectivity index (χ1) is 7.02. The number of hydrogen-bond acceptors (Lipinski definition) is 2. The number of rotatable bonds is 1. The molecule has 1 nitrogen and oxygen atoms in total. The van der Waals surface area contributed by atoms with Gasteiger partial charge in [0, 0.05) is 21.0 Å². The Bertz CT molecular complexity index is 513. The van der Waals surface area contributed by atoms with Crippen molar-refractivity contribution in [3.8, 4) is 0 Å². The molecule has 1 aromatic carbocycles. The van der Waals surface area contributed by atoms with Crippen LogP contribution >= 0.6 is 11.3 Å². The van der Waals surface area contributed by atoms with Gasteiger partial charge < -0.3 is 0 Å². The van der Waals surface area contributed by atoms with E-state index in [1.165, 1.54) is 18.2 Å². The summed E-state index contributed by atoms with van der Waals surface area (Å²) in [6.45, 7) is 0. The van der Waals surface area contributed by atoms with E-state index in [1.54, 1.807) is 0 Å². The van der Waals surface area contributed by atoms with E-state index in [4.69, 9.17) is 0 Å². The Balaban J connectivity index is 2.72. The van der Waals surface area contributed by atoms with Gasteiger partial charge in [0.15, 0.2) is 0 Å². The Morgan fingerprint density at radius 1 is 1.27 bits per heavy atom. The minimum atomic E-state index is -4.36. The van der Waals surface area contributed by atoms with Gasteiger partial charge in [-0.1, -0.05) is 6.07 Å². The molecule has 2 rings (SSSR count). The lowest BCUT2D eigenvalue weighted by molar-refractivity contribution is -0.136. The fourth-order valence-electron chi connectivity index (χ4n) is 1.34. The predicted octanol–water partition coefficient (Wildman–Crippen LogP) is 3.73. The third-order valence-corrected chi connectivity index (χ3v) is 3.00. The number of halogens is 3. The van der Waals surface area contributed by atoms with E-state index in [9.17, 15) is 18.0 Å². The van der Waals surface area contributed by atoms with Gasteiger partial charge in [-0.25, -0.2) is 0 Å². The number of carbonyl (C=O) groups excluding carboxylic acids is 1. The van der Waals surface area contributed by atoms with Crippen LogP contribution in [0.5, 0.6) is 0 Å². The van der Waals surface area contributed by atoms with Crippen molar-refractivity contribution >= 4 is 27.7 Å². The molecule has 0 radical (unpaired) electrons. The highest BCUT2D eigenvalue weighted by atomic mass is 32.1. The van der Waals surface area contributed by atoms with Crippen molar-refractivity contribution in [2.24, 2.45) is 0 Å². The molecule has 0 aliphatic heterocycles. The summed E-state index contributed by atoms with van der Waals surface area (Å²) in [6.07, 6.45) is -3.82. The second-order valence-corrected chi connectivity index (χ2v) is 3.93. The summed E-state index contributed by atoms with van der Waals surface area (Å²) >= 11 is 1.02. The number of benzene rings is 1. The van der Waals surface area contributed by atoms with Crippen LogP contribution in [-0.2, 0) is 6.18 Å². The van der Waals surface area contributed by atoms with Gasteiger partial charge in [-0.3, -0.25) is 4.79 Å². The zero-order valence-corrected chi connectivity index (χ0v) is 8.15. The zero-order valence-electron chi connectivity index (χ0n) is 7.34. The Labute approximate surface area is 87.1 Å². The van der Waals surface area contributed by atoms with E-state index >= 15 is 0 Å². The lowest BCUT2D eigenvalue weighted by Gasteiger charge is -2.04. The average molecular weight is 230 g/mol. The molecule has 2 aromatic rings. The molecule has 1 aromatic heterocycles. The molecule has 5 heteroatoms. The molecule has 0 fully saturated rings. The molecule has 0 N–H and O–H groups in total. The molecule has 0 saturated carbocycles. The summed E-state index contributed by atoms with van der Waals surface area (Å²) in [5, 5.41) is 1.16.